The van der Waals surface area contributed by atoms with Crippen molar-refractivity contribution in [1.82, 2.24) is 29.2 Å². The molecule has 2 aliphatic carbocycles. The van der Waals surface area contributed by atoms with E-state index in [0.717, 1.165) is 12.2 Å². The summed E-state index contributed by atoms with van der Waals surface area (Å²) in [6.07, 6.45) is 4.15. The molecule has 3 heterocycles. The van der Waals surface area contributed by atoms with E-state index in [1.807, 2.05) is 0 Å². The SMILES string of the molecule is Cc1cccc2c1C[C@@H]1[C@@H](c3noc(Cn4cnc5ncn(C)c5c4=O)n3)[C@H]21. The molecule has 0 unspecified atom stereocenters. The highest BCUT2D eigenvalue weighted by Gasteiger charge is 2.58. The highest BCUT2D eigenvalue weighted by atomic mass is 16.5. The molecule has 1 saturated carbocycles. The quantitative estimate of drug-likeness (QED) is 0.544. The third-order valence-electron chi connectivity index (χ3n) is 6.20. The van der Waals surface area contributed by atoms with Crippen molar-refractivity contribution in [2.45, 2.75) is 31.7 Å². The number of hydrogen-bond donors (Lipinski definition) is 0. The molecule has 4 aromatic rings. The van der Waals surface area contributed by atoms with Gasteiger partial charge in [0.2, 0.25) is 5.89 Å². The van der Waals surface area contributed by atoms with E-state index in [1.54, 1.807) is 17.9 Å². The van der Waals surface area contributed by atoms with Crippen LogP contribution in [0.2, 0.25) is 0 Å². The molecule has 1 fully saturated rings. The topological polar surface area (TPSA) is 91.6 Å². The molecule has 0 amide bonds. The van der Waals surface area contributed by atoms with Crippen LogP contribution in [0.4, 0.5) is 0 Å². The van der Waals surface area contributed by atoms with Crippen LogP contribution < -0.4 is 5.56 Å². The summed E-state index contributed by atoms with van der Waals surface area (Å²) < 4.78 is 8.61. The van der Waals surface area contributed by atoms with Crippen LogP contribution in [0.15, 0.2) is 40.2 Å². The minimum atomic E-state index is -0.169. The first-order valence-corrected chi connectivity index (χ1v) is 9.39. The highest BCUT2D eigenvalue weighted by Crippen LogP contribution is 2.66. The van der Waals surface area contributed by atoms with Crippen LogP contribution in [0.25, 0.3) is 11.2 Å². The molecule has 6 rings (SSSR count). The van der Waals surface area contributed by atoms with Gasteiger partial charge in [-0.1, -0.05) is 23.4 Å². The van der Waals surface area contributed by atoms with Gasteiger partial charge in [0.05, 0.1) is 6.33 Å². The minimum Gasteiger partial charge on any atom is -0.337 e. The van der Waals surface area contributed by atoms with Gasteiger partial charge in [-0.3, -0.25) is 9.36 Å². The Hall–Kier alpha value is -3.29. The number of imidazole rings is 1. The van der Waals surface area contributed by atoms with E-state index in [0.29, 0.717) is 34.8 Å². The molecule has 0 bridgehead atoms. The van der Waals surface area contributed by atoms with Crippen LogP contribution in [0.1, 0.15) is 40.2 Å². The number of nitrogens with zero attached hydrogens (tertiary/aromatic N) is 6. The first-order valence-electron chi connectivity index (χ1n) is 9.39. The molecule has 3 aromatic heterocycles. The van der Waals surface area contributed by atoms with Crippen molar-refractivity contribution in [1.29, 1.82) is 0 Å². The smallest absolute Gasteiger partial charge is 0.280 e. The Kier molecular flexibility index (Phi) is 3.02. The molecule has 3 atom stereocenters. The van der Waals surface area contributed by atoms with Crippen LogP contribution in [-0.4, -0.2) is 29.2 Å². The lowest BCUT2D eigenvalue weighted by Gasteiger charge is -2.08. The fourth-order valence-electron chi connectivity index (χ4n) is 4.75. The molecule has 8 heteroatoms. The van der Waals surface area contributed by atoms with Crippen LogP contribution in [0, 0.1) is 12.8 Å². The number of hydrogen-bond acceptors (Lipinski definition) is 6. The van der Waals surface area contributed by atoms with Crippen LogP contribution >= 0.6 is 0 Å². The number of aromatic nitrogens is 6. The molecule has 0 N–H and O–H groups in total. The summed E-state index contributed by atoms with van der Waals surface area (Å²) in [5.41, 5.74) is 5.02. The average Bonchev–Trinajstić information content (AvgIpc) is 3.04. The van der Waals surface area contributed by atoms with E-state index in [1.165, 1.54) is 27.6 Å². The number of benzene rings is 1. The second-order valence-electron chi connectivity index (χ2n) is 7.81. The lowest BCUT2D eigenvalue weighted by molar-refractivity contribution is 0.364. The van der Waals surface area contributed by atoms with E-state index in [2.05, 4.69) is 45.2 Å². The molecular formula is C20H18N6O2. The predicted octanol–water partition coefficient (Wildman–Crippen LogP) is 1.92. The van der Waals surface area contributed by atoms with Gasteiger partial charge in [0.1, 0.15) is 12.9 Å². The number of aryl methyl sites for hydroxylation is 2. The maximum Gasteiger partial charge on any atom is 0.280 e. The summed E-state index contributed by atoms with van der Waals surface area (Å²) in [5, 5.41) is 4.21. The van der Waals surface area contributed by atoms with Gasteiger partial charge in [0.25, 0.3) is 5.56 Å². The lowest BCUT2D eigenvalue weighted by Crippen LogP contribution is -2.22. The second kappa shape index (κ2) is 5.37. The molecule has 0 spiro atoms. The molecule has 2 aliphatic rings. The molecule has 1 aromatic carbocycles. The van der Waals surface area contributed by atoms with Gasteiger partial charge >= 0.3 is 0 Å². The summed E-state index contributed by atoms with van der Waals surface area (Å²) in [4.78, 5) is 25.6. The van der Waals surface area contributed by atoms with E-state index in [4.69, 9.17) is 4.52 Å². The van der Waals surface area contributed by atoms with Gasteiger partial charge < -0.3 is 9.09 Å². The Morgan fingerprint density at radius 3 is 2.96 bits per heavy atom. The molecule has 8 nitrogen and oxygen atoms in total. The van der Waals surface area contributed by atoms with Crippen LogP contribution in [0.3, 0.4) is 0 Å². The maximum absolute atomic E-state index is 12.7. The Bertz CT molecular complexity index is 1300. The summed E-state index contributed by atoms with van der Waals surface area (Å²) in [7, 11) is 1.78. The van der Waals surface area contributed by atoms with Crippen molar-refractivity contribution in [3.8, 4) is 0 Å². The number of rotatable bonds is 3. The van der Waals surface area contributed by atoms with E-state index in [9.17, 15) is 4.79 Å². The van der Waals surface area contributed by atoms with Crippen molar-refractivity contribution in [3.63, 3.8) is 0 Å². The van der Waals surface area contributed by atoms with Crippen molar-refractivity contribution in [2.75, 3.05) is 0 Å². The first kappa shape index (κ1) is 15.7. The van der Waals surface area contributed by atoms with E-state index >= 15 is 0 Å². The summed E-state index contributed by atoms with van der Waals surface area (Å²) in [6, 6.07) is 6.53. The van der Waals surface area contributed by atoms with Crippen molar-refractivity contribution >= 4 is 11.2 Å². The normalized spacial score (nSPS) is 22.4. The van der Waals surface area contributed by atoms with Gasteiger partial charge in [-0.25, -0.2) is 9.97 Å². The van der Waals surface area contributed by atoms with Gasteiger partial charge in [-0.05, 0) is 41.9 Å². The summed E-state index contributed by atoms with van der Waals surface area (Å²) >= 11 is 0. The van der Waals surface area contributed by atoms with Gasteiger partial charge in [0, 0.05) is 13.0 Å². The fraction of sp³-hybridized carbons (Fsp3) is 0.350. The monoisotopic (exact) mass is 374 g/mol. The van der Waals surface area contributed by atoms with Gasteiger partial charge in [-0.2, -0.15) is 4.98 Å². The largest absolute Gasteiger partial charge is 0.337 e. The molecule has 28 heavy (non-hydrogen) atoms. The third kappa shape index (κ3) is 2.08. The minimum absolute atomic E-state index is 0.169. The fourth-order valence-corrected chi connectivity index (χ4v) is 4.75. The predicted molar refractivity (Wildman–Crippen MR) is 100 cm³/mol. The summed E-state index contributed by atoms with van der Waals surface area (Å²) in [5.74, 6) is 2.56. The maximum atomic E-state index is 12.7. The van der Waals surface area contributed by atoms with Crippen LogP contribution in [0.5, 0.6) is 0 Å². The lowest BCUT2D eigenvalue weighted by atomic mass is 9.98. The van der Waals surface area contributed by atoms with E-state index in [-0.39, 0.29) is 12.1 Å². The molecular weight excluding hydrogens is 356 g/mol. The molecule has 0 aliphatic heterocycles. The molecule has 0 saturated heterocycles. The zero-order valence-corrected chi connectivity index (χ0v) is 15.5. The van der Waals surface area contributed by atoms with Gasteiger partial charge in [-0.15, -0.1) is 0 Å². The average molecular weight is 374 g/mol. The Labute approximate surface area is 159 Å². The first-order chi connectivity index (χ1) is 13.6. The standard InChI is InChI=1S/C20H18N6O2/c1-10-4-3-5-11-12(10)6-13-15(11)16(13)18-23-14(28-24-18)7-26-9-22-19-17(20(26)27)25(2)8-21-19/h3-5,8-9,13,15-16H,6-7H2,1-2H3/t13-,15+,16+/m0/s1. The Balaban J connectivity index is 1.28. The Morgan fingerprint density at radius 1 is 1.21 bits per heavy atom. The van der Waals surface area contributed by atoms with E-state index < -0.39 is 0 Å². The van der Waals surface area contributed by atoms with Crippen molar-refractivity contribution < 1.29 is 4.52 Å². The van der Waals surface area contributed by atoms with Crippen LogP contribution in [-0.2, 0) is 20.0 Å². The van der Waals surface area contributed by atoms with Gasteiger partial charge in [0.15, 0.2) is 17.0 Å². The summed E-state index contributed by atoms with van der Waals surface area (Å²) in [6.45, 7) is 2.38. The van der Waals surface area contributed by atoms with Crippen molar-refractivity contribution in [2.24, 2.45) is 13.0 Å². The number of fused-ring (bicyclic) bond motifs is 4. The second-order valence-corrected chi connectivity index (χ2v) is 7.81. The Morgan fingerprint density at radius 2 is 2.07 bits per heavy atom. The zero-order chi connectivity index (χ0) is 19.0. The van der Waals surface area contributed by atoms with Crippen molar-refractivity contribution in [3.05, 3.63) is 69.6 Å². The molecule has 140 valence electrons. The highest BCUT2D eigenvalue weighted by molar-refractivity contribution is 5.68. The third-order valence-corrected chi connectivity index (χ3v) is 6.20. The zero-order valence-electron chi connectivity index (χ0n) is 15.5. The molecule has 0 radical (unpaired) electrons.